The van der Waals surface area contributed by atoms with E-state index in [-0.39, 0.29) is 42.8 Å². The molecule has 3 rings (SSSR count). The first kappa shape index (κ1) is 32.0. The van der Waals surface area contributed by atoms with Crippen molar-refractivity contribution in [3.05, 3.63) is 70.4 Å². The van der Waals surface area contributed by atoms with Crippen LogP contribution in [0.3, 0.4) is 0 Å². The van der Waals surface area contributed by atoms with E-state index in [2.05, 4.69) is 34.4 Å². The lowest BCUT2D eigenvalue weighted by Crippen LogP contribution is -2.43. The van der Waals surface area contributed by atoms with Crippen molar-refractivity contribution in [3.63, 3.8) is 0 Å². The van der Waals surface area contributed by atoms with E-state index in [9.17, 15) is 28.8 Å². The average molecular weight is 576 g/mol. The zero-order valence-corrected chi connectivity index (χ0v) is 24.2. The Bertz CT molecular complexity index is 1510. The van der Waals surface area contributed by atoms with Gasteiger partial charge in [-0.05, 0) is 37.0 Å². The van der Waals surface area contributed by atoms with E-state index < -0.39 is 35.0 Å². The van der Waals surface area contributed by atoms with E-state index in [1.54, 1.807) is 30.3 Å². The van der Waals surface area contributed by atoms with Gasteiger partial charge in [0.15, 0.2) is 11.6 Å². The van der Waals surface area contributed by atoms with Crippen molar-refractivity contribution >= 4 is 40.2 Å². The highest BCUT2D eigenvalue weighted by atomic mass is 16.2. The Morgan fingerprint density at radius 3 is 2.33 bits per heavy atom. The molecule has 222 valence electrons. The summed E-state index contributed by atoms with van der Waals surface area (Å²) in [5.41, 5.74) is 0.721. The van der Waals surface area contributed by atoms with Gasteiger partial charge in [0.1, 0.15) is 5.69 Å². The van der Waals surface area contributed by atoms with Gasteiger partial charge in [0.05, 0.1) is 29.8 Å². The third-order valence-electron chi connectivity index (χ3n) is 7.31. The summed E-state index contributed by atoms with van der Waals surface area (Å²) in [5, 5.41) is 4.84. The molecule has 11 nitrogen and oxygen atoms in total. The first-order valence-corrected chi connectivity index (χ1v) is 14.2. The fraction of sp³-hybridized carbons (Fsp3) is 0.419. The molecule has 0 bridgehead atoms. The van der Waals surface area contributed by atoms with Crippen molar-refractivity contribution in [2.45, 2.75) is 71.4 Å². The molecule has 11 heteroatoms. The number of pyridine rings is 1. The molecule has 2 aromatic heterocycles. The Morgan fingerprint density at radius 2 is 1.64 bits per heavy atom. The minimum Gasteiger partial charge on any atom is -0.353 e. The van der Waals surface area contributed by atoms with Crippen LogP contribution >= 0.6 is 0 Å². The number of carbonyl (C=O) groups is 5. The van der Waals surface area contributed by atoms with Crippen LogP contribution in [0.1, 0.15) is 68.4 Å². The summed E-state index contributed by atoms with van der Waals surface area (Å²) in [4.78, 5) is 84.5. The van der Waals surface area contributed by atoms with E-state index >= 15 is 0 Å². The second kappa shape index (κ2) is 15.5. The molecule has 0 saturated carbocycles. The molecule has 1 atom stereocenters. The van der Waals surface area contributed by atoms with Gasteiger partial charge in [0.25, 0.3) is 17.4 Å². The largest absolute Gasteiger partial charge is 0.353 e. The first-order chi connectivity index (χ1) is 20.2. The molecule has 0 fully saturated rings. The number of amides is 2. The number of Topliss-reactive ketones (excluding diaryl/α,β-unsaturated/α-hetero) is 3. The average Bonchev–Trinajstić information content (AvgIpc) is 3.00. The lowest BCUT2D eigenvalue weighted by atomic mass is 9.96. The number of rotatable bonds is 16. The predicted molar refractivity (Wildman–Crippen MR) is 157 cm³/mol. The van der Waals surface area contributed by atoms with Crippen molar-refractivity contribution in [2.75, 3.05) is 7.05 Å². The highest BCUT2D eigenvalue weighted by Crippen LogP contribution is 2.15. The second-order valence-corrected chi connectivity index (χ2v) is 10.2. The molecule has 0 aliphatic rings. The number of hydrogen-bond acceptors (Lipinski definition) is 8. The van der Waals surface area contributed by atoms with Crippen molar-refractivity contribution < 1.29 is 24.0 Å². The Balaban J connectivity index is 1.76. The molecule has 0 spiro atoms. The second-order valence-electron chi connectivity index (χ2n) is 10.2. The van der Waals surface area contributed by atoms with Gasteiger partial charge in [0, 0.05) is 38.1 Å². The predicted octanol–water partition coefficient (Wildman–Crippen LogP) is 2.58. The summed E-state index contributed by atoms with van der Waals surface area (Å²) < 4.78 is 1.28. The van der Waals surface area contributed by atoms with Gasteiger partial charge in [-0.2, -0.15) is 0 Å². The van der Waals surface area contributed by atoms with Crippen LogP contribution in [0.2, 0.25) is 0 Å². The van der Waals surface area contributed by atoms with Crippen molar-refractivity contribution in [2.24, 2.45) is 5.92 Å². The van der Waals surface area contributed by atoms with Crippen LogP contribution in [0.4, 0.5) is 0 Å². The maximum Gasteiger partial charge on any atom is 0.287 e. The van der Waals surface area contributed by atoms with E-state index in [1.807, 2.05) is 0 Å². The lowest BCUT2D eigenvalue weighted by Gasteiger charge is -2.17. The summed E-state index contributed by atoms with van der Waals surface area (Å²) in [7, 11) is 1.32. The smallest absolute Gasteiger partial charge is 0.287 e. The third kappa shape index (κ3) is 8.73. The zero-order valence-electron chi connectivity index (χ0n) is 24.2. The topological polar surface area (TPSA) is 157 Å². The standard InChI is InChI=1S/C31H37N5O6/c1-4-20(5-2)12-13-22(37)19-36-16-8-9-21(31(36)42)17-28(39)25(14-15-27(38)30(41)32-3)35-29(40)26-18-33-23-10-6-7-11-24(23)34-26/h6-11,16,18,20,25H,4-5,12-15,17,19H2,1-3H3,(H,32,41)(H,35,40)/t25-/m0/s1. The van der Waals surface area contributed by atoms with Crippen LogP contribution in [0.25, 0.3) is 11.0 Å². The Morgan fingerprint density at radius 1 is 0.929 bits per heavy atom. The first-order valence-electron chi connectivity index (χ1n) is 14.2. The van der Waals surface area contributed by atoms with Crippen LogP contribution in [-0.2, 0) is 32.1 Å². The molecule has 0 aliphatic carbocycles. The molecule has 0 saturated heterocycles. The van der Waals surface area contributed by atoms with E-state index in [1.165, 1.54) is 30.1 Å². The number of para-hydroxylation sites is 2. The van der Waals surface area contributed by atoms with Crippen LogP contribution in [-0.4, -0.2) is 56.8 Å². The molecule has 0 unspecified atom stereocenters. The summed E-state index contributed by atoms with van der Waals surface area (Å²) in [6.45, 7) is 4.08. The lowest BCUT2D eigenvalue weighted by molar-refractivity contribution is -0.137. The van der Waals surface area contributed by atoms with Gasteiger partial charge < -0.3 is 15.2 Å². The van der Waals surface area contributed by atoms with E-state index in [4.69, 9.17) is 0 Å². The molecule has 1 aromatic carbocycles. The number of hydrogen-bond donors (Lipinski definition) is 2. The van der Waals surface area contributed by atoms with Crippen LogP contribution in [0, 0.1) is 5.92 Å². The number of likely N-dealkylation sites (N-methyl/N-ethyl adjacent to an activating group) is 1. The number of ketones is 3. The minimum atomic E-state index is -1.19. The maximum absolute atomic E-state index is 13.4. The fourth-order valence-electron chi connectivity index (χ4n) is 4.63. The van der Waals surface area contributed by atoms with Crippen molar-refractivity contribution in [3.8, 4) is 0 Å². The van der Waals surface area contributed by atoms with Crippen LogP contribution < -0.4 is 16.2 Å². The Labute approximate surface area is 244 Å². The molecule has 3 aromatic rings. The number of nitrogens with zero attached hydrogens (tertiary/aromatic N) is 3. The number of fused-ring (bicyclic) bond motifs is 1. The summed E-state index contributed by atoms with van der Waals surface area (Å²) in [6.07, 6.45) is 5.09. The maximum atomic E-state index is 13.4. The number of carbonyl (C=O) groups excluding carboxylic acids is 5. The van der Waals surface area contributed by atoms with Crippen LogP contribution in [0.5, 0.6) is 0 Å². The fourth-order valence-corrected chi connectivity index (χ4v) is 4.63. The van der Waals surface area contributed by atoms with Gasteiger partial charge in [-0.3, -0.25) is 33.8 Å². The summed E-state index contributed by atoms with van der Waals surface area (Å²) in [5.74, 6) is -2.39. The molecule has 0 radical (unpaired) electrons. The summed E-state index contributed by atoms with van der Waals surface area (Å²) >= 11 is 0. The normalized spacial score (nSPS) is 11.7. The third-order valence-corrected chi connectivity index (χ3v) is 7.31. The highest BCUT2D eigenvalue weighted by Gasteiger charge is 2.26. The minimum absolute atomic E-state index is 0.0295. The molecular formula is C31H37N5O6. The number of aromatic nitrogens is 3. The van der Waals surface area contributed by atoms with Crippen molar-refractivity contribution in [1.29, 1.82) is 0 Å². The quantitative estimate of drug-likeness (QED) is 0.247. The molecule has 2 N–H and O–H groups in total. The molecule has 2 heterocycles. The number of nitrogens with one attached hydrogen (secondary N) is 2. The molecule has 42 heavy (non-hydrogen) atoms. The molecule has 0 aliphatic heterocycles. The van der Waals surface area contributed by atoms with Crippen LogP contribution in [0.15, 0.2) is 53.6 Å². The van der Waals surface area contributed by atoms with Gasteiger partial charge in [-0.25, -0.2) is 4.98 Å². The van der Waals surface area contributed by atoms with E-state index in [0.717, 1.165) is 19.3 Å². The summed E-state index contributed by atoms with van der Waals surface area (Å²) in [6, 6.07) is 8.88. The van der Waals surface area contributed by atoms with Gasteiger partial charge in [-0.15, -0.1) is 0 Å². The van der Waals surface area contributed by atoms with Gasteiger partial charge >= 0.3 is 0 Å². The Hall–Kier alpha value is -4.54. The van der Waals surface area contributed by atoms with Crippen molar-refractivity contribution in [1.82, 2.24) is 25.2 Å². The Kier molecular flexibility index (Phi) is 11.8. The SMILES string of the molecule is CCC(CC)CCC(=O)Cn1cccc(CC(=O)[C@H](CCC(=O)C(=O)NC)NC(=O)c2cnc3ccccc3n2)c1=O. The van der Waals surface area contributed by atoms with E-state index in [0.29, 0.717) is 23.4 Å². The number of benzene rings is 1. The zero-order chi connectivity index (χ0) is 30.6. The van der Waals surface area contributed by atoms with Gasteiger partial charge in [-0.1, -0.05) is 44.9 Å². The molecule has 2 amide bonds. The molecular weight excluding hydrogens is 538 g/mol. The monoisotopic (exact) mass is 575 g/mol. The van der Waals surface area contributed by atoms with Gasteiger partial charge in [0.2, 0.25) is 5.78 Å². The highest BCUT2D eigenvalue weighted by molar-refractivity contribution is 6.36.